The molecule has 0 aliphatic heterocycles. The predicted octanol–water partition coefficient (Wildman–Crippen LogP) is 2.26. The number of hydrogen-bond donors (Lipinski definition) is 1. The number of halogens is 1. The van der Waals surface area contributed by atoms with Gasteiger partial charge in [-0.25, -0.2) is 4.39 Å². The van der Waals surface area contributed by atoms with Gasteiger partial charge < -0.3 is 14.8 Å². The van der Waals surface area contributed by atoms with E-state index in [0.29, 0.717) is 18.8 Å². The van der Waals surface area contributed by atoms with E-state index < -0.39 is 6.29 Å². The second-order valence-corrected chi connectivity index (χ2v) is 4.01. The minimum absolute atomic E-state index is 0.232. The van der Waals surface area contributed by atoms with Gasteiger partial charge in [0.05, 0.1) is 6.54 Å². The van der Waals surface area contributed by atoms with Crippen LogP contribution in [0.15, 0.2) is 18.2 Å². The molecule has 4 nitrogen and oxygen atoms in total. The van der Waals surface area contributed by atoms with Crippen LogP contribution in [-0.4, -0.2) is 32.0 Å². The molecule has 0 radical (unpaired) electrons. The lowest BCUT2D eigenvalue weighted by molar-refractivity contribution is -0.131. The van der Waals surface area contributed by atoms with E-state index in [4.69, 9.17) is 9.47 Å². The standard InChI is InChI=1S/C14H20FNO3/c1-4-18-13(19-5-2)9-16-14(17)11-7-6-10(3)12(15)8-11/h6-8,13H,4-5,9H2,1-3H3,(H,16,17). The lowest BCUT2D eigenvalue weighted by atomic mass is 10.1. The van der Waals surface area contributed by atoms with Gasteiger partial charge >= 0.3 is 0 Å². The van der Waals surface area contributed by atoms with Gasteiger partial charge in [-0.15, -0.1) is 0 Å². The van der Waals surface area contributed by atoms with Crippen LogP contribution in [0, 0.1) is 12.7 Å². The Balaban J connectivity index is 2.56. The maximum atomic E-state index is 13.4. The first kappa shape index (κ1) is 15.6. The van der Waals surface area contributed by atoms with E-state index in [2.05, 4.69) is 5.32 Å². The molecule has 1 aromatic carbocycles. The zero-order chi connectivity index (χ0) is 14.3. The Morgan fingerprint density at radius 2 is 1.95 bits per heavy atom. The molecule has 1 rings (SSSR count). The first-order chi connectivity index (χ1) is 9.08. The fourth-order valence-corrected chi connectivity index (χ4v) is 1.55. The van der Waals surface area contributed by atoms with Gasteiger partial charge in [0, 0.05) is 18.8 Å². The Morgan fingerprint density at radius 3 is 2.47 bits per heavy atom. The van der Waals surface area contributed by atoms with Crippen molar-refractivity contribution in [3.63, 3.8) is 0 Å². The number of hydrogen-bond acceptors (Lipinski definition) is 3. The monoisotopic (exact) mass is 269 g/mol. The van der Waals surface area contributed by atoms with Crippen LogP contribution in [0.3, 0.4) is 0 Å². The molecular formula is C14H20FNO3. The summed E-state index contributed by atoms with van der Waals surface area (Å²) in [5.41, 5.74) is 0.799. The maximum Gasteiger partial charge on any atom is 0.251 e. The molecule has 0 fully saturated rings. The van der Waals surface area contributed by atoms with E-state index in [1.165, 1.54) is 6.07 Å². The van der Waals surface area contributed by atoms with Crippen LogP contribution in [0.5, 0.6) is 0 Å². The van der Waals surface area contributed by atoms with Crippen LogP contribution < -0.4 is 5.32 Å². The summed E-state index contributed by atoms with van der Waals surface area (Å²) in [6.45, 7) is 6.58. The van der Waals surface area contributed by atoms with Gasteiger partial charge in [0.25, 0.3) is 5.91 Å². The summed E-state index contributed by atoms with van der Waals surface area (Å²) in [6.07, 6.45) is -0.478. The van der Waals surface area contributed by atoms with Crippen molar-refractivity contribution in [2.75, 3.05) is 19.8 Å². The van der Waals surface area contributed by atoms with Crippen LogP contribution in [0.4, 0.5) is 4.39 Å². The predicted molar refractivity (Wildman–Crippen MR) is 70.5 cm³/mol. The van der Waals surface area contributed by atoms with E-state index in [1.54, 1.807) is 19.1 Å². The molecule has 0 spiro atoms. The maximum absolute atomic E-state index is 13.4. The van der Waals surface area contributed by atoms with Crippen molar-refractivity contribution >= 4 is 5.91 Å². The number of benzene rings is 1. The van der Waals surface area contributed by atoms with Crippen molar-refractivity contribution in [1.82, 2.24) is 5.32 Å². The highest BCUT2D eigenvalue weighted by atomic mass is 19.1. The Kier molecular flexibility index (Phi) is 6.45. The number of nitrogens with one attached hydrogen (secondary N) is 1. The summed E-state index contributed by atoms with van der Waals surface area (Å²) in [7, 11) is 0. The fraction of sp³-hybridized carbons (Fsp3) is 0.500. The molecule has 0 heterocycles. The molecule has 0 aliphatic rings. The number of rotatable bonds is 7. The van der Waals surface area contributed by atoms with Crippen LogP contribution in [0.1, 0.15) is 29.8 Å². The zero-order valence-corrected chi connectivity index (χ0v) is 11.5. The van der Waals surface area contributed by atoms with Gasteiger partial charge in [0.2, 0.25) is 0 Å². The van der Waals surface area contributed by atoms with E-state index in [9.17, 15) is 9.18 Å². The highest BCUT2D eigenvalue weighted by Crippen LogP contribution is 2.09. The zero-order valence-electron chi connectivity index (χ0n) is 11.5. The largest absolute Gasteiger partial charge is 0.351 e. The van der Waals surface area contributed by atoms with Crippen molar-refractivity contribution < 1.29 is 18.7 Å². The number of carbonyl (C=O) groups excluding carboxylic acids is 1. The summed E-state index contributed by atoms with van der Waals surface area (Å²) in [5.74, 6) is -0.734. The van der Waals surface area contributed by atoms with Gasteiger partial charge in [0.15, 0.2) is 6.29 Å². The van der Waals surface area contributed by atoms with Gasteiger partial charge in [-0.1, -0.05) is 6.07 Å². The minimum Gasteiger partial charge on any atom is -0.351 e. The Labute approximate surface area is 112 Å². The van der Waals surface area contributed by atoms with Crippen molar-refractivity contribution in [1.29, 1.82) is 0 Å². The highest BCUT2D eigenvalue weighted by molar-refractivity contribution is 5.94. The highest BCUT2D eigenvalue weighted by Gasteiger charge is 2.12. The van der Waals surface area contributed by atoms with Crippen molar-refractivity contribution in [3.05, 3.63) is 35.1 Å². The Hall–Kier alpha value is -1.46. The second kappa shape index (κ2) is 7.86. The minimum atomic E-state index is -0.478. The molecule has 0 unspecified atom stereocenters. The summed E-state index contributed by atoms with van der Waals surface area (Å²) in [6, 6.07) is 4.39. The molecular weight excluding hydrogens is 249 g/mol. The molecule has 1 aromatic rings. The van der Waals surface area contributed by atoms with Crippen LogP contribution >= 0.6 is 0 Å². The van der Waals surface area contributed by atoms with Crippen LogP contribution in [0.2, 0.25) is 0 Å². The molecule has 106 valence electrons. The molecule has 0 atom stereocenters. The summed E-state index contributed by atoms with van der Waals surface area (Å²) >= 11 is 0. The molecule has 1 N–H and O–H groups in total. The molecule has 0 aliphatic carbocycles. The first-order valence-corrected chi connectivity index (χ1v) is 6.36. The molecule has 19 heavy (non-hydrogen) atoms. The van der Waals surface area contributed by atoms with Crippen LogP contribution in [-0.2, 0) is 9.47 Å². The van der Waals surface area contributed by atoms with E-state index in [1.807, 2.05) is 13.8 Å². The number of carbonyl (C=O) groups is 1. The van der Waals surface area contributed by atoms with Crippen molar-refractivity contribution in [3.8, 4) is 0 Å². The fourth-order valence-electron chi connectivity index (χ4n) is 1.55. The molecule has 1 amide bonds. The number of ether oxygens (including phenoxy) is 2. The van der Waals surface area contributed by atoms with Crippen molar-refractivity contribution in [2.24, 2.45) is 0 Å². The SMILES string of the molecule is CCOC(CNC(=O)c1ccc(C)c(F)c1)OCC. The van der Waals surface area contributed by atoms with Gasteiger partial charge in [-0.2, -0.15) is 0 Å². The molecule has 0 saturated heterocycles. The van der Waals surface area contributed by atoms with E-state index >= 15 is 0 Å². The molecule has 0 aromatic heterocycles. The quantitative estimate of drug-likeness (QED) is 0.772. The third-order valence-corrected chi connectivity index (χ3v) is 2.57. The number of amides is 1. The Bertz CT molecular complexity index is 417. The average molecular weight is 269 g/mol. The third kappa shape index (κ3) is 4.96. The summed E-state index contributed by atoms with van der Waals surface area (Å²) in [5, 5.41) is 2.66. The Morgan fingerprint density at radius 1 is 1.32 bits per heavy atom. The summed E-state index contributed by atoms with van der Waals surface area (Å²) in [4.78, 5) is 11.8. The molecule has 0 saturated carbocycles. The normalized spacial score (nSPS) is 10.8. The lowest BCUT2D eigenvalue weighted by Gasteiger charge is -2.17. The van der Waals surface area contributed by atoms with Gasteiger partial charge in [-0.3, -0.25) is 4.79 Å². The van der Waals surface area contributed by atoms with E-state index in [-0.39, 0.29) is 23.8 Å². The lowest BCUT2D eigenvalue weighted by Crippen LogP contribution is -2.35. The average Bonchev–Trinajstić information content (AvgIpc) is 2.39. The topological polar surface area (TPSA) is 47.6 Å². The first-order valence-electron chi connectivity index (χ1n) is 6.36. The van der Waals surface area contributed by atoms with Crippen LogP contribution in [0.25, 0.3) is 0 Å². The molecule has 5 heteroatoms. The van der Waals surface area contributed by atoms with Gasteiger partial charge in [0.1, 0.15) is 5.82 Å². The molecule has 0 bridgehead atoms. The smallest absolute Gasteiger partial charge is 0.251 e. The number of aryl methyl sites for hydroxylation is 1. The van der Waals surface area contributed by atoms with E-state index in [0.717, 1.165) is 0 Å². The van der Waals surface area contributed by atoms with Crippen molar-refractivity contribution in [2.45, 2.75) is 27.1 Å². The third-order valence-electron chi connectivity index (χ3n) is 2.57. The summed E-state index contributed by atoms with van der Waals surface area (Å²) < 4.78 is 24.0. The van der Waals surface area contributed by atoms with Gasteiger partial charge in [-0.05, 0) is 38.5 Å². The second-order valence-electron chi connectivity index (χ2n) is 4.01.